The molecule has 31 heavy (non-hydrogen) atoms. The monoisotopic (exact) mass is 440 g/mol. The van der Waals surface area contributed by atoms with E-state index in [4.69, 9.17) is 9.47 Å². The maximum absolute atomic E-state index is 12.3. The summed E-state index contributed by atoms with van der Waals surface area (Å²) in [4.78, 5) is 24.5. The van der Waals surface area contributed by atoms with Gasteiger partial charge in [0.15, 0.2) is 11.5 Å². The molecule has 0 saturated heterocycles. The van der Waals surface area contributed by atoms with Gasteiger partial charge in [-0.1, -0.05) is 12.1 Å². The zero-order valence-electron chi connectivity index (χ0n) is 17.2. The molecule has 0 spiro atoms. The lowest BCUT2D eigenvalue weighted by atomic mass is 10.1. The van der Waals surface area contributed by atoms with Crippen LogP contribution in [0.3, 0.4) is 0 Å². The largest absolute Gasteiger partial charge is 0.493 e. The molecule has 0 fully saturated rings. The van der Waals surface area contributed by atoms with Gasteiger partial charge in [-0.25, -0.2) is 0 Å². The highest BCUT2D eigenvalue weighted by molar-refractivity contribution is 5.99. The SMILES string of the molecule is COc1cc(C(=O)NNC(=O)c2ccc(COCC(F)(F)F)cc2)ccc1OC(C)C. The second-order valence-corrected chi connectivity index (χ2v) is 6.75. The van der Waals surface area contributed by atoms with Crippen molar-refractivity contribution in [1.29, 1.82) is 0 Å². The summed E-state index contributed by atoms with van der Waals surface area (Å²) in [5.74, 6) is -0.309. The molecule has 10 heteroatoms. The Hall–Kier alpha value is -3.27. The molecule has 0 aliphatic carbocycles. The molecule has 7 nitrogen and oxygen atoms in total. The van der Waals surface area contributed by atoms with Crippen LogP contribution in [0.2, 0.25) is 0 Å². The van der Waals surface area contributed by atoms with Crippen LogP contribution in [0.5, 0.6) is 11.5 Å². The number of hydrazine groups is 1. The van der Waals surface area contributed by atoms with E-state index >= 15 is 0 Å². The second-order valence-electron chi connectivity index (χ2n) is 6.75. The van der Waals surface area contributed by atoms with Gasteiger partial charge < -0.3 is 14.2 Å². The number of ether oxygens (including phenoxy) is 3. The number of methoxy groups -OCH3 is 1. The maximum atomic E-state index is 12.3. The molecule has 0 radical (unpaired) electrons. The molecule has 2 rings (SSSR count). The van der Waals surface area contributed by atoms with Crippen molar-refractivity contribution < 1.29 is 37.0 Å². The minimum atomic E-state index is -4.40. The van der Waals surface area contributed by atoms with Gasteiger partial charge in [-0.3, -0.25) is 20.4 Å². The Kier molecular flexibility index (Phi) is 8.26. The summed E-state index contributed by atoms with van der Waals surface area (Å²) in [6, 6.07) is 10.3. The molecule has 0 saturated carbocycles. The van der Waals surface area contributed by atoms with E-state index in [9.17, 15) is 22.8 Å². The van der Waals surface area contributed by atoms with E-state index in [0.29, 0.717) is 17.1 Å². The van der Waals surface area contributed by atoms with Gasteiger partial charge >= 0.3 is 6.18 Å². The third-order valence-electron chi connectivity index (χ3n) is 3.83. The summed E-state index contributed by atoms with van der Waals surface area (Å²) in [7, 11) is 1.45. The minimum Gasteiger partial charge on any atom is -0.493 e. The quantitative estimate of drug-likeness (QED) is 0.613. The summed E-state index contributed by atoms with van der Waals surface area (Å²) < 4.78 is 51.6. The lowest BCUT2D eigenvalue weighted by molar-refractivity contribution is -0.176. The average Bonchev–Trinajstić information content (AvgIpc) is 2.71. The fourth-order valence-electron chi connectivity index (χ4n) is 2.45. The highest BCUT2D eigenvalue weighted by Crippen LogP contribution is 2.28. The van der Waals surface area contributed by atoms with Gasteiger partial charge in [0.05, 0.1) is 19.8 Å². The molecule has 0 heterocycles. The van der Waals surface area contributed by atoms with Gasteiger partial charge in [0.1, 0.15) is 6.61 Å². The van der Waals surface area contributed by atoms with Crippen LogP contribution in [0.25, 0.3) is 0 Å². The van der Waals surface area contributed by atoms with Crippen LogP contribution in [-0.2, 0) is 11.3 Å². The van der Waals surface area contributed by atoms with E-state index < -0.39 is 24.6 Å². The maximum Gasteiger partial charge on any atom is 0.411 e. The number of rotatable bonds is 8. The van der Waals surface area contributed by atoms with Gasteiger partial charge in [0, 0.05) is 11.1 Å². The first-order chi connectivity index (χ1) is 14.6. The topological polar surface area (TPSA) is 85.9 Å². The standard InChI is InChI=1S/C21H23F3N2O5/c1-13(2)31-17-9-8-16(10-18(17)29-3)20(28)26-25-19(27)15-6-4-14(5-7-15)11-30-12-21(22,23)24/h4-10,13H,11-12H2,1-3H3,(H,25,27)(H,26,28). The van der Waals surface area contributed by atoms with Gasteiger partial charge in [-0.05, 0) is 49.7 Å². The minimum absolute atomic E-state index is 0.0737. The summed E-state index contributed by atoms with van der Waals surface area (Å²) >= 11 is 0. The van der Waals surface area contributed by atoms with E-state index in [0.717, 1.165) is 0 Å². The number of hydrogen-bond acceptors (Lipinski definition) is 5. The van der Waals surface area contributed by atoms with Crippen molar-refractivity contribution in [3.8, 4) is 11.5 Å². The average molecular weight is 440 g/mol. The fraction of sp³-hybridized carbons (Fsp3) is 0.333. The first-order valence-electron chi connectivity index (χ1n) is 9.28. The van der Waals surface area contributed by atoms with Gasteiger partial charge in [0.25, 0.3) is 11.8 Å². The molecule has 0 atom stereocenters. The first-order valence-corrected chi connectivity index (χ1v) is 9.28. The number of nitrogens with one attached hydrogen (secondary N) is 2. The number of carbonyl (C=O) groups excluding carboxylic acids is 2. The summed E-state index contributed by atoms with van der Waals surface area (Å²) in [5.41, 5.74) is 5.48. The molecule has 168 valence electrons. The number of alkyl halides is 3. The molecule has 0 unspecified atom stereocenters. The highest BCUT2D eigenvalue weighted by Gasteiger charge is 2.27. The summed E-state index contributed by atoms with van der Waals surface area (Å²) in [6.07, 6.45) is -4.47. The molecule has 0 aromatic heterocycles. The molecule has 2 aromatic carbocycles. The van der Waals surface area contributed by atoms with Crippen molar-refractivity contribution in [2.24, 2.45) is 0 Å². The number of benzene rings is 2. The Morgan fingerprint density at radius 2 is 1.52 bits per heavy atom. The van der Waals surface area contributed by atoms with E-state index in [1.165, 1.54) is 43.5 Å². The van der Waals surface area contributed by atoms with Crippen molar-refractivity contribution in [2.45, 2.75) is 32.7 Å². The Morgan fingerprint density at radius 1 is 0.935 bits per heavy atom. The second kappa shape index (κ2) is 10.7. The zero-order chi connectivity index (χ0) is 23.0. The lowest BCUT2D eigenvalue weighted by Gasteiger charge is -2.14. The van der Waals surface area contributed by atoms with Crippen LogP contribution in [-0.4, -0.2) is 37.8 Å². The number of halogens is 3. The first kappa shape index (κ1) is 24.0. The smallest absolute Gasteiger partial charge is 0.411 e. The van der Waals surface area contributed by atoms with Crippen molar-refractivity contribution in [3.05, 3.63) is 59.2 Å². The molecule has 0 aliphatic rings. The number of amides is 2. The van der Waals surface area contributed by atoms with E-state index in [2.05, 4.69) is 15.6 Å². The van der Waals surface area contributed by atoms with Crippen LogP contribution in [0, 0.1) is 0 Å². The van der Waals surface area contributed by atoms with Crippen LogP contribution < -0.4 is 20.3 Å². The van der Waals surface area contributed by atoms with Crippen LogP contribution in [0.15, 0.2) is 42.5 Å². The van der Waals surface area contributed by atoms with Crippen LogP contribution in [0.4, 0.5) is 13.2 Å². The Balaban J connectivity index is 1.91. The van der Waals surface area contributed by atoms with Gasteiger partial charge in [-0.2, -0.15) is 13.2 Å². The van der Waals surface area contributed by atoms with Crippen molar-refractivity contribution in [3.63, 3.8) is 0 Å². The number of hydrogen-bond donors (Lipinski definition) is 2. The third kappa shape index (κ3) is 7.82. The van der Waals surface area contributed by atoms with Crippen LogP contribution >= 0.6 is 0 Å². The Morgan fingerprint density at radius 3 is 2.06 bits per heavy atom. The number of carbonyl (C=O) groups is 2. The molecule has 0 bridgehead atoms. The Labute approximate surface area is 177 Å². The van der Waals surface area contributed by atoms with Crippen LogP contribution in [0.1, 0.15) is 40.1 Å². The predicted octanol–water partition coefficient (Wildman–Crippen LogP) is 3.64. The molecule has 0 aliphatic heterocycles. The van der Waals surface area contributed by atoms with Crippen molar-refractivity contribution >= 4 is 11.8 Å². The molecule has 2 N–H and O–H groups in total. The Bertz CT molecular complexity index is 899. The van der Waals surface area contributed by atoms with Crippen molar-refractivity contribution in [1.82, 2.24) is 10.9 Å². The van der Waals surface area contributed by atoms with Gasteiger partial charge in [-0.15, -0.1) is 0 Å². The normalized spacial score (nSPS) is 11.2. The molecule has 2 aromatic rings. The molecular weight excluding hydrogens is 417 g/mol. The summed E-state index contributed by atoms with van der Waals surface area (Å²) in [5, 5.41) is 0. The lowest BCUT2D eigenvalue weighted by Crippen LogP contribution is -2.41. The van der Waals surface area contributed by atoms with E-state index in [1.54, 1.807) is 6.07 Å². The van der Waals surface area contributed by atoms with E-state index in [-0.39, 0.29) is 23.8 Å². The molecule has 2 amide bonds. The van der Waals surface area contributed by atoms with Gasteiger partial charge in [0.2, 0.25) is 0 Å². The third-order valence-corrected chi connectivity index (χ3v) is 3.83. The highest BCUT2D eigenvalue weighted by atomic mass is 19.4. The zero-order valence-corrected chi connectivity index (χ0v) is 17.2. The summed E-state index contributed by atoms with van der Waals surface area (Å²) in [6.45, 7) is 2.13. The van der Waals surface area contributed by atoms with E-state index in [1.807, 2.05) is 13.8 Å². The fourth-order valence-corrected chi connectivity index (χ4v) is 2.45. The van der Waals surface area contributed by atoms with Crippen molar-refractivity contribution in [2.75, 3.05) is 13.7 Å². The molecular formula is C21H23F3N2O5. The predicted molar refractivity (Wildman–Crippen MR) is 106 cm³/mol.